The van der Waals surface area contributed by atoms with Crippen LogP contribution in [-0.4, -0.2) is 26.0 Å². The first-order valence-corrected chi connectivity index (χ1v) is 6.73. The molecular formula is C9H19O6P. The van der Waals surface area contributed by atoms with Crippen LogP contribution in [0.5, 0.6) is 0 Å². The molecule has 0 spiro atoms. The molecular weight excluding hydrogens is 235 g/mol. The second-order valence-corrected chi connectivity index (χ2v) is 4.47. The lowest BCUT2D eigenvalue weighted by Gasteiger charge is -2.15. The van der Waals surface area contributed by atoms with Crippen LogP contribution in [0.2, 0.25) is 0 Å². The van der Waals surface area contributed by atoms with Crippen LogP contribution in [0.25, 0.3) is 0 Å². The molecule has 96 valence electrons. The van der Waals surface area contributed by atoms with E-state index in [1.54, 1.807) is 13.8 Å². The number of phosphoric ester groups is 1. The van der Waals surface area contributed by atoms with Crippen molar-refractivity contribution >= 4 is 13.8 Å². The summed E-state index contributed by atoms with van der Waals surface area (Å²) in [5.74, 6) is -0.401. The number of rotatable bonds is 9. The SMILES string of the molecule is CCCC(=O)OCOP(=O)(OCC)OCC. The smallest absolute Gasteiger partial charge is 0.438 e. The molecule has 0 aliphatic carbocycles. The first-order valence-electron chi connectivity index (χ1n) is 5.27. The average Bonchev–Trinajstić information content (AvgIpc) is 2.18. The van der Waals surface area contributed by atoms with Gasteiger partial charge in [0.1, 0.15) is 0 Å². The molecule has 0 N–H and O–H groups in total. The Balaban J connectivity index is 3.93. The zero-order valence-electron chi connectivity index (χ0n) is 9.93. The van der Waals surface area contributed by atoms with Crippen molar-refractivity contribution in [2.24, 2.45) is 0 Å². The van der Waals surface area contributed by atoms with E-state index in [0.29, 0.717) is 12.8 Å². The molecule has 0 rings (SSSR count). The van der Waals surface area contributed by atoms with E-state index in [2.05, 4.69) is 4.74 Å². The summed E-state index contributed by atoms with van der Waals surface area (Å²) in [6.07, 6.45) is 0.990. The van der Waals surface area contributed by atoms with Gasteiger partial charge in [0, 0.05) is 6.42 Å². The lowest BCUT2D eigenvalue weighted by Crippen LogP contribution is -2.09. The minimum atomic E-state index is -3.57. The number of phosphoric acid groups is 1. The Labute approximate surface area is 95.8 Å². The van der Waals surface area contributed by atoms with Gasteiger partial charge < -0.3 is 4.74 Å². The van der Waals surface area contributed by atoms with Crippen molar-refractivity contribution in [1.29, 1.82) is 0 Å². The molecule has 0 unspecified atom stereocenters. The molecule has 7 heteroatoms. The molecule has 0 aromatic rings. The summed E-state index contributed by atoms with van der Waals surface area (Å²) in [6.45, 7) is 5.15. The van der Waals surface area contributed by atoms with Gasteiger partial charge in [0.05, 0.1) is 13.2 Å². The van der Waals surface area contributed by atoms with E-state index in [1.165, 1.54) is 0 Å². The highest BCUT2D eigenvalue weighted by Crippen LogP contribution is 2.48. The van der Waals surface area contributed by atoms with Gasteiger partial charge in [0.25, 0.3) is 0 Å². The van der Waals surface area contributed by atoms with Crippen LogP contribution in [0.1, 0.15) is 33.6 Å². The lowest BCUT2D eigenvalue weighted by atomic mass is 10.3. The molecule has 0 aliphatic rings. The zero-order valence-corrected chi connectivity index (χ0v) is 10.8. The summed E-state index contributed by atoms with van der Waals surface area (Å²) in [4.78, 5) is 11.0. The molecule has 6 nitrogen and oxygen atoms in total. The molecule has 0 radical (unpaired) electrons. The van der Waals surface area contributed by atoms with Crippen molar-refractivity contribution in [2.45, 2.75) is 33.6 Å². The Hall–Kier alpha value is -0.420. The van der Waals surface area contributed by atoms with Crippen LogP contribution >= 0.6 is 7.82 Å². The fourth-order valence-corrected chi connectivity index (χ4v) is 1.90. The Morgan fingerprint density at radius 3 is 2.06 bits per heavy atom. The second kappa shape index (κ2) is 8.70. The fraction of sp³-hybridized carbons (Fsp3) is 0.889. The summed E-state index contributed by atoms with van der Waals surface area (Å²) < 4.78 is 30.8. The van der Waals surface area contributed by atoms with E-state index in [9.17, 15) is 9.36 Å². The van der Waals surface area contributed by atoms with Crippen LogP contribution in [0.15, 0.2) is 0 Å². The Kier molecular flexibility index (Phi) is 8.47. The maximum Gasteiger partial charge on any atom is 0.477 e. The highest BCUT2D eigenvalue weighted by atomic mass is 31.2. The molecule has 0 aromatic carbocycles. The van der Waals surface area contributed by atoms with Crippen molar-refractivity contribution in [3.05, 3.63) is 0 Å². The number of carbonyl (C=O) groups is 1. The highest BCUT2D eigenvalue weighted by molar-refractivity contribution is 7.48. The van der Waals surface area contributed by atoms with Gasteiger partial charge in [-0.05, 0) is 20.3 Å². The minimum Gasteiger partial charge on any atom is -0.438 e. The molecule has 16 heavy (non-hydrogen) atoms. The monoisotopic (exact) mass is 254 g/mol. The molecule has 0 amide bonds. The zero-order chi connectivity index (χ0) is 12.4. The molecule has 0 atom stereocenters. The largest absolute Gasteiger partial charge is 0.477 e. The third kappa shape index (κ3) is 6.95. The van der Waals surface area contributed by atoms with Crippen molar-refractivity contribution < 1.29 is 27.7 Å². The van der Waals surface area contributed by atoms with E-state index in [0.717, 1.165) is 0 Å². The highest BCUT2D eigenvalue weighted by Gasteiger charge is 2.25. The van der Waals surface area contributed by atoms with Crippen molar-refractivity contribution in [1.82, 2.24) is 0 Å². The summed E-state index contributed by atoms with van der Waals surface area (Å²) >= 11 is 0. The summed E-state index contributed by atoms with van der Waals surface area (Å²) in [5.41, 5.74) is 0. The van der Waals surface area contributed by atoms with Gasteiger partial charge in [-0.25, -0.2) is 9.09 Å². The van der Waals surface area contributed by atoms with Gasteiger partial charge in [-0.3, -0.25) is 13.8 Å². The summed E-state index contributed by atoms with van der Waals surface area (Å²) in [6, 6.07) is 0. The molecule has 0 bridgehead atoms. The molecule has 0 heterocycles. The third-order valence-corrected chi connectivity index (χ3v) is 3.03. The Morgan fingerprint density at radius 1 is 1.06 bits per heavy atom. The van der Waals surface area contributed by atoms with E-state index in [-0.39, 0.29) is 13.2 Å². The first kappa shape index (κ1) is 15.6. The van der Waals surface area contributed by atoms with E-state index < -0.39 is 20.6 Å². The van der Waals surface area contributed by atoms with Crippen LogP contribution in [0.4, 0.5) is 0 Å². The van der Waals surface area contributed by atoms with Crippen LogP contribution in [0.3, 0.4) is 0 Å². The lowest BCUT2D eigenvalue weighted by molar-refractivity contribution is -0.151. The number of ether oxygens (including phenoxy) is 1. The molecule has 0 saturated heterocycles. The number of carbonyl (C=O) groups excluding carboxylic acids is 1. The van der Waals surface area contributed by atoms with Crippen LogP contribution in [-0.2, 0) is 27.7 Å². The van der Waals surface area contributed by atoms with Gasteiger partial charge in [0.2, 0.25) is 6.79 Å². The van der Waals surface area contributed by atoms with Crippen molar-refractivity contribution in [2.75, 3.05) is 20.0 Å². The summed E-state index contributed by atoms with van der Waals surface area (Å²) in [7, 11) is -3.57. The molecule has 0 fully saturated rings. The van der Waals surface area contributed by atoms with Gasteiger partial charge in [-0.15, -0.1) is 0 Å². The van der Waals surface area contributed by atoms with Crippen LogP contribution in [0, 0.1) is 0 Å². The number of esters is 1. The van der Waals surface area contributed by atoms with Gasteiger partial charge in [-0.2, -0.15) is 0 Å². The molecule has 0 aromatic heterocycles. The predicted molar refractivity (Wildman–Crippen MR) is 57.8 cm³/mol. The standard InChI is InChI=1S/C9H19O6P/c1-4-7-9(10)12-8-15-16(11,13-5-2)14-6-3/h4-8H2,1-3H3. The van der Waals surface area contributed by atoms with Crippen molar-refractivity contribution in [3.8, 4) is 0 Å². The third-order valence-electron chi connectivity index (χ3n) is 1.46. The van der Waals surface area contributed by atoms with E-state index in [1.807, 2.05) is 6.92 Å². The Bertz CT molecular complexity index is 232. The van der Waals surface area contributed by atoms with Crippen LogP contribution < -0.4 is 0 Å². The average molecular weight is 254 g/mol. The van der Waals surface area contributed by atoms with Gasteiger partial charge >= 0.3 is 13.8 Å². The van der Waals surface area contributed by atoms with E-state index >= 15 is 0 Å². The first-order chi connectivity index (χ1) is 7.58. The topological polar surface area (TPSA) is 71.1 Å². The van der Waals surface area contributed by atoms with Gasteiger partial charge in [0.15, 0.2) is 0 Å². The molecule has 0 aliphatic heterocycles. The second-order valence-electron chi connectivity index (χ2n) is 2.80. The quantitative estimate of drug-likeness (QED) is 0.357. The van der Waals surface area contributed by atoms with E-state index in [4.69, 9.17) is 13.6 Å². The van der Waals surface area contributed by atoms with Gasteiger partial charge in [-0.1, -0.05) is 6.92 Å². The molecule has 0 saturated carbocycles. The Morgan fingerprint density at radius 2 is 1.62 bits per heavy atom. The normalized spacial score (nSPS) is 11.4. The fourth-order valence-electron chi connectivity index (χ4n) is 0.861. The number of hydrogen-bond donors (Lipinski definition) is 0. The maximum atomic E-state index is 11.7. The number of hydrogen-bond acceptors (Lipinski definition) is 6. The van der Waals surface area contributed by atoms with Crippen molar-refractivity contribution in [3.63, 3.8) is 0 Å². The minimum absolute atomic E-state index is 0.195. The predicted octanol–water partition coefficient (Wildman–Crippen LogP) is 2.48. The summed E-state index contributed by atoms with van der Waals surface area (Å²) in [5, 5.41) is 0. The maximum absolute atomic E-state index is 11.7.